The summed E-state index contributed by atoms with van der Waals surface area (Å²) < 4.78 is 0. The Morgan fingerprint density at radius 1 is 1.26 bits per heavy atom. The van der Waals surface area contributed by atoms with Gasteiger partial charge in [0.2, 0.25) is 5.91 Å². The molecule has 1 saturated carbocycles. The molecule has 8 nitrogen and oxygen atoms in total. The Morgan fingerprint density at radius 2 is 2.03 bits per heavy atom. The van der Waals surface area contributed by atoms with E-state index in [0.717, 1.165) is 34.3 Å². The van der Waals surface area contributed by atoms with Crippen molar-refractivity contribution in [2.45, 2.75) is 25.3 Å². The van der Waals surface area contributed by atoms with Crippen LogP contribution in [0.5, 0.6) is 0 Å². The average molecular weight is 438 g/mol. The lowest BCUT2D eigenvalue weighted by molar-refractivity contribution is -0.134. The van der Waals surface area contributed by atoms with Gasteiger partial charge in [-0.3, -0.25) is 14.5 Å². The Bertz CT molecular complexity index is 1230. The number of halogens is 1. The summed E-state index contributed by atoms with van der Waals surface area (Å²) in [6, 6.07) is 12.1. The van der Waals surface area contributed by atoms with Crippen LogP contribution in [0.1, 0.15) is 19.8 Å². The van der Waals surface area contributed by atoms with E-state index in [1.807, 2.05) is 18.2 Å². The molecule has 158 valence electrons. The Balaban J connectivity index is 1.31. The van der Waals surface area contributed by atoms with Gasteiger partial charge in [-0.25, -0.2) is 9.78 Å². The molecule has 1 unspecified atom stereocenters. The van der Waals surface area contributed by atoms with E-state index in [1.54, 1.807) is 31.2 Å². The van der Waals surface area contributed by atoms with Gasteiger partial charge < -0.3 is 15.6 Å². The Kier molecular flexibility index (Phi) is 4.48. The average Bonchev–Trinajstić information content (AvgIpc) is 3.48. The molecule has 0 bridgehead atoms. The standard InChI is InChI=1S/C22H20ClN5O3/c1-22(12-6-7-12)20(30)28(21(31)27-22)11-18(29)24-13-8-9-16-17(10-13)26-19(25-16)14-4-2-3-5-15(14)23/h2-5,8-10,12H,6-7,11H2,1H3,(H,24,29)(H,25,26)(H,27,31). The normalized spacial score (nSPS) is 20.9. The van der Waals surface area contributed by atoms with Gasteiger partial charge in [-0.2, -0.15) is 0 Å². The summed E-state index contributed by atoms with van der Waals surface area (Å²) in [5, 5.41) is 6.07. The fourth-order valence-corrected chi connectivity index (χ4v) is 4.23. The Hall–Kier alpha value is -3.39. The first-order chi connectivity index (χ1) is 14.8. The summed E-state index contributed by atoms with van der Waals surface area (Å²) in [4.78, 5) is 46.2. The summed E-state index contributed by atoms with van der Waals surface area (Å²) in [6.07, 6.45) is 1.81. The van der Waals surface area contributed by atoms with E-state index in [2.05, 4.69) is 20.6 Å². The maximum absolute atomic E-state index is 12.7. The van der Waals surface area contributed by atoms with Gasteiger partial charge in [0.1, 0.15) is 17.9 Å². The zero-order valence-corrected chi connectivity index (χ0v) is 17.5. The summed E-state index contributed by atoms with van der Waals surface area (Å²) in [5.74, 6) is -0.0211. The lowest BCUT2D eigenvalue weighted by Gasteiger charge is -2.20. The van der Waals surface area contributed by atoms with Crippen molar-refractivity contribution in [1.82, 2.24) is 20.2 Å². The molecule has 2 aromatic carbocycles. The maximum Gasteiger partial charge on any atom is 0.325 e. The molecule has 1 aromatic heterocycles. The number of carbonyl (C=O) groups excluding carboxylic acids is 3. The van der Waals surface area contributed by atoms with Gasteiger partial charge in [-0.05, 0) is 56.0 Å². The fourth-order valence-electron chi connectivity index (χ4n) is 4.01. The number of rotatable bonds is 5. The van der Waals surface area contributed by atoms with Crippen LogP contribution in [0.4, 0.5) is 10.5 Å². The second kappa shape index (κ2) is 7.09. The van der Waals surface area contributed by atoms with Crippen molar-refractivity contribution in [3.8, 4) is 11.4 Å². The summed E-state index contributed by atoms with van der Waals surface area (Å²) in [7, 11) is 0. The molecular formula is C22H20ClN5O3. The van der Waals surface area contributed by atoms with Crippen molar-refractivity contribution in [3.05, 3.63) is 47.5 Å². The van der Waals surface area contributed by atoms with Gasteiger partial charge >= 0.3 is 6.03 Å². The number of benzene rings is 2. The zero-order chi connectivity index (χ0) is 21.8. The minimum absolute atomic E-state index is 0.145. The number of aromatic amines is 1. The van der Waals surface area contributed by atoms with Crippen molar-refractivity contribution >= 4 is 46.2 Å². The number of nitrogens with zero attached hydrogens (tertiary/aromatic N) is 2. The van der Waals surface area contributed by atoms with Gasteiger partial charge in [0.15, 0.2) is 0 Å². The number of H-pyrrole nitrogens is 1. The highest BCUT2D eigenvalue weighted by atomic mass is 35.5. The molecule has 0 radical (unpaired) electrons. The van der Waals surface area contributed by atoms with E-state index in [-0.39, 0.29) is 18.4 Å². The highest BCUT2D eigenvalue weighted by Crippen LogP contribution is 2.42. The molecule has 2 aliphatic rings. The molecule has 1 saturated heterocycles. The maximum atomic E-state index is 12.7. The van der Waals surface area contributed by atoms with Crippen LogP contribution in [0.2, 0.25) is 5.02 Å². The lowest BCUT2D eigenvalue weighted by Crippen LogP contribution is -2.46. The highest BCUT2D eigenvalue weighted by molar-refractivity contribution is 6.33. The van der Waals surface area contributed by atoms with Crippen LogP contribution in [0.3, 0.4) is 0 Å². The molecule has 5 rings (SSSR count). The molecule has 1 aliphatic carbocycles. The molecule has 3 aromatic rings. The number of hydrogen-bond donors (Lipinski definition) is 3. The van der Waals surface area contributed by atoms with Crippen LogP contribution in [0, 0.1) is 5.92 Å². The number of carbonyl (C=O) groups is 3. The zero-order valence-electron chi connectivity index (χ0n) is 16.7. The van der Waals surface area contributed by atoms with Gasteiger partial charge in [0.05, 0.1) is 16.1 Å². The first-order valence-electron chi connectivity index (χ1n) is 10.0. The Labute approximate surface area is 183 Å². The van der Waals surface area contributed by atoms with E-state index in [0.29, 0.717) is 16.5 Å². The predicted molar refractivity (Wildman–Crippen MR) is 117 cm³/mol. The molecule has 9 heteroatoms. The minimum Gasteiger partial charge on any atom is -0.338 e. The monoisotopic (exact) mass is 437 g/mol. The molecule has 2 heterocycles. The summed E-state index contributed by atoms with van der Waals surface area (Å²) >= 11 is 6.25. The third-order valence-electron chi connectivity index (χ3n) is 5.89. The topological polar surface area (TPSA) is 107 Å². The van der Waals surface area contributed by atoms with Crippen LogP contribution < -0.4 is 10.6 Å². The predicted octanol–water partition coefficient (Wildman–Crippen LogP) is 3.54. The Morgan fingerprint density at radius 3 is 2.77 bits per heavy atom. The van der Waals surface area contributed by atoms with E-state index in [1.165, 1.54) is 0 Å². The fraction of sp³-hybridized carbons (Fsp3) is 0.273. The second-order valence-corrected chi connectivity index (χ2v) is 8.55. The lowest BCUT2D eigenvalue weighted by atomic mass is 9.96. The number of nitrogens with one attached hydrogen (secondary N) is 3. The first kappa shape index (κ1) is 19.6. The van der Waals surface area contributed by atoms with Crippen molar-refractivity contribution in [1.29, 1.82) is 0 Å². The smallest absolute Gasteiger partial charge is 0.325 e. The van der Waals surface area contributed by atoms with Crippen molar-refractivity contribution < 1.29 is 14.4 Å². The van der Waals surface area contributed by atoms with Crippen LogP contribution in [0.15, 0.2) is 42.5 Å². The van der Waals surface area contributed by atoms with Crippen molar-refractivity contribution in [2.75, 3.05) is 11.9 Å². The second-order valence-electron chi connectivity index (χ2n) is 8.14. The van der Waals surface area contributed by atoms with E-state index >= 15 is 0 Å². The number of amides is 4. The third-order valence-corrected chi connectivity index (χ3v) is 6.22. The molecule has 4 amide bonds. The van der Waals surface area contributed by atoms with Crippen molar-refractivity contribution in [2.24, 2.45) is 5.92 Å². The number of imide groups is 1. The number of urea groups is 1. The molecule has 1 atom stereocenters. The molecular weight excluding hydrogens is 418 g/mol. The molecule has 1 aliphatic heterocycles. The number of anilines is 1. The van der Waals surface area contributed by atoms with Gasteiger partial charge in [-0.1, -0.05) is 23.7 Å². The van der Waals surface area contributed by atoms with E-state index in [9.17, 15) is 14.4 Å². The van der Waals surface area contributed by atoms with Crippen LogP contribution in [-0.2, 0) is 9.59 Å². The highest BCUT2D eigenvalue weighted by Gasteiger charge is 2.56. The number of aromatic nitrogens is 2. The van der Waals surface area contributed by atoms with Crippen LogP contribution in [0.25, 0.3) is 22.4 Å². The summed E-state index contributed by atoms with van der Waals surface area (Å²) in [5.41, 5.74) is 1.86. The SMILES string of the molecule is CC1(C2CC2)NC(=O)N(CC(=O)Nc2ccc3nc(-c4ccccc4Cl)[nH]c3c2)C1=O. The van der Waals surface area contributed by atoms with E-state index < -0.39 is 17.5 Å². The van der Waals surface area contributed by atoms with Gasteiger partial charge in [-0.15, -0.1) is 0 Å². The molecule has 0 spiro atoms. The quantitative estimate of drug-likeness (QED) is 0.530. The first-order valence-corrected chi connectivity index (χ1v) is 10.4. The number of hydrogen-bond acceptors (Lipinski definition) is 4. The van der Waals surface area contributed by atoms with Gasteiger partial charge in [0, 0.05) is 11.3 Å². The molecule has 2 fully saturated rings. The van der Waals surface area contributed by atoms with Gasteiger partial charge in [0.25, 0.3) is 5.91 Å². The van der Waals surface area contributed by atoms with Crippen molar-refractivity contribution in [3.63, 3.8) is 0 Å². The molecule has 3 N–H and O–H groups in total. The third kappa shape index (κ3) is 3.42. The summed E-state index contributed by atoms with van der Waals surface area (Å²) in [6.45, 7) is 1.39. The number of fused-ring (bicyclic) bond motifs is 1. The molecule has 31 heavy (non-hydrogen) atoms. The number of imidazole rings is 1. The minimum atomic E-state index is -0.901. The van der Waals surface area contributed by atoms with Crippen LogP contribution >= 0.6 is 11.6 Å². The van der Waals surface area contributed by atoms with Crippen LogP contribution in [-0.4, -0.2) is 44.8 Å². The van der Waals surface area contributed by atoms with E-state index in [4.69, 9.17) is 11.6 Å². The largest absolute Gasteiger partial charge is 0.338 e.